The summed E-state index contributed by atoms with van der Waals surface area (Å²) < 4.78 is 6.80. The predicted octanol–water partition coefficient (Wildman–Crippen LogP) is 3.66. The highest BCUT2D eigenvalue weighted by Crippen LogP contribution is 2.07. The molecular weight excluding hydrogens is 287 g/mol. The molecule has 1 rings (SSSR count). The van der Waals surface area contributed by atoms with Gasteiger partial charge >= 0.3 is 0 Å². The van der Waals surface area contributed by atoms with E-state index in [-0.39, 0.29) is 0 Å². The molecule has 0 saturated heterocycles. The molecule has 14 heavy (non-hydrogen) atoms. The van der Waals surface area contributed by atoms with Gasteiger partial charge in [-0.15, -0.1) is 0 Å². The van der Waals surface area contributed by atoms with E-state index in [2.05, 4.69) is 41.6 Å². The molecule has 78 valence electrons. The lowest BCUT2D eigenvalue weighted by Crippen LogP contribution is -2.02. The van der Waals surface area contributed by atoms with Gasteiger partial charge in [0.25, 0.3) is 0 Å². The van der Waals surface area contributed by atoms with Gasteiger partial charge in [0.1, 0.15) is 0 Å². The molecule has 0 radical (unpaired) electrons. The maximum atomic E-state index is 5.59. The second kappa shape index (κ2) is 7.23. The average molecular weight is 304 g/mol. The Morgan fingerprint density at radius 3 is 2.64 bits per heavy atom. The molecule has 0 aliphatic carbocycles. The molecule has 0 heterocycles. The van der Waals surface area contributed by atoms with Crippen molar-refractivity contribution >= 4 is 22.6 Å². The largest absolute Gasteiger partial charge is 0.377 e. The van der Waals surface area contributed by atoms with Gasteiger partial charge in [0, 0.05) is 11.0 Å². The van der Waals surface area contributed by atoms with Crippen LogP contribution in [-0.2, 0) is 11.3 Å². The first-order valence-electron chi connectivity index (χ1n) is 5.00. The number of halogens is 1. The molecule has 1 nitrogen and oxygen atoms in total. The summed E-state index contributed by atoms with van der Waals surface area (Å²) >= 11 is 2.42. The third kappa shape index (κ3) is 4.96. The van der Waals surface area contributed by atoms with Crippen LogP contribution in [0.4, 0.5) is 0 Å². The summed E-state index contributed by atoms with van der Waals surface area (Å²) in [7, 11) is 0. The molecule has 0 fully saturated rings. The number of benzene rings is 1. The highest BCUT2D eigenvalue weighted by Gasteiger charge is 1.99. The Bertz CT molecular complexity index is 235. The Labute approximate surface area is 100.0 Å². The van der Waals surface area contributed by atoms with Crippen molar-refractivity contribution in [3.05, 3.63) is 35.9 Å². The highest BCUT2D eigenvalue weighted by atomic mass is 127. The van der Waals surface area contributed by atoms with Gasteiger partial charge in [0.15, 0.2) is 0 Å². The fourth-order valence-electron chi connectivity index (χ4n) is 1.13. The molecule has 0 saturated carbocycles. The fraction of sp³-hybridized carbons (Fsp3) is 0.500. The van der Waals surface area contributed by atoms with Crippen LogP contribution in [-0.4, -0.2) is 11.0 Å². The van der Waals surface area contributed by atoms with Crippen LogP contribution >= 0.6 is 22.6 Å². The minimum Gasteiger partial charge on any atom is -0.377 e. The molecular formula is C12H17IO. The quantitative estimate of drug-likeness (QED) is 0.443. The lowest BCUT2D eigenvalue weighted by molar-refractivity contribution is 0.111. The molecule has 1 atom stereocenters. The van der Waals surface area contributed by atoms with E-state index >= 15 is 0 Å². The maximum absolute atomic E-state index is 5.59. The second-order valence-electron chi connectivity index (χ2n) is 3.59. The van der Waals surface area contributed by atoms with Crippen LogP contribution in [0.5, 0.6) is 0 Å². The molecule has 0 unspecified atom stereocenters. The fourth-order valence-corrected chi connectivity index (χ4v) is 1.57. The van der Waals surface area contributed by atoms with Crippen molar-refractivity contribution in [2.24, 2.45) is 5.92 Å². The Kier molecular flexibility index (Phi) is 6.19. The molecule has 1 aromatic rings. The molecule has 0 N–H and O–H groups in total. The van der Waals surface area contributed by atoms with Crippen LogP contribution in [0.1, 0.15) is 18.9 Å². The van der Waals surface area contributed by atoms with Gasteiger partial charge in [0.2, 0.25) is 0 Å². The van der Waals surface area contributed by atoms with E-state index in [4.69, 9.17) is 4.74 Å². The zero-order chi connectivity index (χ0) is 10.2. The van der Waals surface area contributed by atoms with Gasteiger partial charge in [-0.3, -0.25) is 0 Å². The first-order chi connectivity index (χ1) is 6.83. The third-order valence-corrected chi connectivity index (χ3v) is 3.63. The van der Waals surface area contributed by atoms with Gasteiger partial charge in [-0.2, -0.15) is 0 Å². The number of hydrogen-bond donors (Lipinski definition) is 0. The van der Waals surface area contributed by atoms with Crippen molar-refractivity contribution in [3.8, 4) is 0 Å². The minimum atomic E-state index is 0.745. The summed E-state index contributed by atoms with van der Waals surface area (Å²) in [5.41, 5.74) is 1.26. The summed E-state index contributed by atoms with van der Waals surface area (Å²) in [4.78, 5) is 0. The molecule has 0 amide bonds. The van der Waals surface area contributed by atoms with E-state index in [1.807, 2.05) is 18.2 Å². The van der Waals surface area contributed by atoms with Crippen LogP contribution in [0.25, 0.3) is 0 Å². The highest BCUT2D eigenvalue weighted by molar-refractivity contribution is 14.1. The molecule has 1 aromatic carbocycles. The van der Waals surface area contributed by atoms with Crippen LogP contribution < -0.4 is 0 Å². The molecule has 0 aliphatic heterocycles. The SMILES string of the molecule is C[C@@H](CI)CCOCc1ccccc1. The topological polar surface area (TPSA) is 9.23 Å². The van der Waals surface area contributed by atoms with Crippen LogP contribution in [0, 0.1) is 5.92 Å². The van der Waals surface area contributed by atoms with Crippen molar-refractivity contribution in [3.63, 3.8) is 0 Å². The normalized spacial score (nSPS) is 12.7. The third-order valence-electron chi connectivity index (χ3n) is 2.13. The summed E-state index contributed by atoms with van der Waals surface area (Å²) in [5, 5.41) is 0. The summed E-state index contributed by atoms with van der Waals surface area (Å²) in [6, 6.07) is 10.3. The van der Waals surface area contributed by atoms with E-state index in [1.165, 1.54) is 9.99 Å². The molecule has 0 bridgehead atoms. The van der Waals surface area contributed by atoms with Crippen LogP contribution in [0.2, 0.25) is 0 Å². The van der Waals surface area contributed by atoms with E-state index in [0.29, 0.717) is 0 Å². The number of rotatable bonds is 6. The summed E-state index contributed by atoms with van der Waals surface area (Å²) in [5.74, 6) is 0.770. The molecule has 0 aromatic heterocycles. The summed E-state index contributed by atoms with van der Waals surface area (Å²) in [6.07, 6.45) is 1.16. The number of hydrogen-bond acceptors (Lipinski definition) is 1. The van der Waals surface area contributed by atoms with Crippen LogP contribution in [0.3, 0.4) is 0 Å². The number of ether oxygens (including phenoxy) is 1. The van der Waals surface area contributed by atoms with Gasteiger partial charge in [-0.05, 0) is 17.9 Å². The van der Waals surface area contributed by atoms with Gasteiger partial charge in [-0.1, -0.05) is 59.8 Å². The van der Waals surface area contributed by atoms with Crippen molar-refractivity contribution in [1.82, 2.24) is 0 Å². The Morgan fingerprint density at radius 1 is 1.29 bits per heavy atom. The van der Waals surface area contributed by atoms with E-state index < -0.39 is 0 Å². The zero-order valence-corrected chi connectivity index (χ0v) is 10.7. The average Bonchev–Trinajstić information content (AvgIpc) is 2.25. The second-order valence-corrected chi connectivity index (χ2v) is 4.47. The zero-order valence-electron chi connectivity index (χ0n) is 8.58. The number of alkyl halides is 1. The first kappa shape index (κ1) is 12.0. The van der Waals surface area contributed by atoms with Crippen molar-refractivity contribution in [2.45, 2.75) is 20.0 Å². The Balaban J connectivity index is 2.10. The lowest BCUT2D eigenvalue weighted by Gasteiger charge is -2.08. The van der Waals surface area contributed by atoms with Gasteiger partial charge in [0.05, 0.1) is 6.61 Å². The van der Waals surface area contributed by atoms with Gasteiger partial charge < -0.3 is 4.74 Å². The maximum Gasteiger partial charge on any atom is 0.0716 e. The molecule has 0 spiro atoms. The standard InChI is InChI=1S/C12H17IO/c1-11(9-13)7-8-14-10-12-5-3-2-4-6-12/h2-6,11H,7-10H2,1H3/t11-/m1/s1. The van der Waals surface area contributed by atoms with Crippen molar-refractivity contribution in [2.75, 3.05) is 11.0 Å². The smallest absolute Gasteiger partial charge is 0.0716 e. The monoisotopic (exact) mass is 304 g/mol. The first-order valence-corrected chi connectivity index (χ1v) is 6.53. The predicted molar refractivity (Wildman–Crippen MR) is 68.8 cm³/mol. The minimum absolute atomic E-state index is 0.745. The van der Waals surface area contributed by atoms with Crippen molar-refractivity contribution in [1.29, 1.82) is 0 Å². The van der Waals surface area contributed by atoms with E-state index in [0.717, 1.165) is 25.6 Å². The summed E-state index contributed by atoms with van der Waals surface area (Å²) in [6.45, 7) is 3.88. The lowest BCUT2D eigenvalue weighted by atomic mass is 10.1. The Morgan fingerprint density at radius 2 is 2.00 bits per heavy atom. The van der Waals surface area contributed by atoms with E-state index in [1.54, 1.807) is 0 Å². The van der Waals surface area contributed by atoms with E-state index in [9.17, 15) is 0 Å². The Hall–Kier alpha value is -0.0900. The van der Waals surface area contributed by atoms with Gasteiger partial charge in [-0.25, -0.2) is 0 Å². The van der Waals surface area contributed by atoms with Crippen molar-refractivity contribution < 1.29 is 4.74 Å². The molecule has 2 heteroatoms. The molecule has 0 aliphatic rings. The van der Waals surface area contributed by atoms with Crippen LogP contribution in [0.15, 0.2) is 30.3 Å².